The molecule has 2 rings (SSSR count). The molecule has 2 N–H and O–H groups in total. The van der Waals surface area contributed by atoms with Crippen LogP contribution in [-0.4, -0.2) is 26.7 Å². The Morgan fingerprint density at radius 2 is 1.06 bits per heavy atom. The SMILES string of the molecule is Cc1cc(C(C)(C)C)cc(C(CBr)C(=O)C(CBr)c2cc(C(C)(C)C)cc(C)c2O)c1O. The highest BCUT2D eigenvalue weighted by Crippen LogP contribution is 2.41. The Morgan fingerprint density at radius 1 is 0.750 bits per heavy atom. The molecule has 0 bridgehead atoms. The molecule has 5 heteroatoms. The van der Waals surface area contributed by atoms with E-state index in [0.717, 1.165) is 22.3 Å². The van der Waals surface area contributed by atoms with Gasteiger partial charge in [-0.3, -0.25) is 4.79 Å². The number of ketones is 1. The first kappa shape index (κ1) is 26.9. The quantitative estimate of drug-likeness (QED) is 0.354. The average Bonchev–Trinajstić information content (AvgIpc) is 2.67. The minimum absolute atomic E-state index is 0.0414. The lowest BCUT2D eigenvalue weighted by Gasteiger charge is -2.27. The minimum Gasteiger partial charge on any atom is -0.507 e. The van der Waals surface area contributed by atoms with Crippen molar-refractivity contribution in [2.75, 3.05) is 10.7 Å². The van der Waals surface area contributed by atoms with E-state index in [2.05, 4.69) is 73.4 Å². The first-order valence-corrected chi connectivity index (χ1v) is 13.2. The maximum absolute atomic E-state index is 13.9. The van der Waals surface area contributed by atoms with E-state index in [9.17, 15) is 15.0 Å². The molecule has 2 aromatic rings. The van der Waals surface area contributed by atoms with Crippen molar-refractivity contribution in [2.24, 2.45) is 0 Å². The summed E-state index contributed by atoms with van der Waals surface area (Å²) in [6.07, 6.45) is 0. The molecule has 0 amide bonds. The van der Waals surface area contributed by atoms with Crippen molar-refractivity contribution in [2.45, 2.75) is 78.1 Å². The zero-order valence-electron chi connectivity index (χ0n) is 20.4. The van der Waals surface area contributed by atoms with Crippen LogP contribution in [0.3, 0.4) is 0 Å². The topological polar surface area (TPSA) is 57.5 Å². The number of alkyl halides is 2. The smallest absolute Gasteiger partial charge is 0.149 e. The van der Waals surface area contributed by atoms with Crippen LogP contribution in [0.2, 0.25) is 0 Å². The zero-order valence-corrected chi connectivity index (χ0v) is 23.6. The summed E-state index contributed by atoms with van der Waals surface area (Å²) in [5.74, 6) is -0.811. The Morgan fingerprint density at radius 3 is 1.31 bits per heavy atom. The number of halogens is 2. The fourth-order valence-electron chi connectivity index (χ4n) is 3.88. The van der Waals surface area contributed by atoms with E-state index < -0.39 is 11.8 Å². The van der Waals surface area contributed by atoms with Crippen molar-refractivity contribution in [3.05, 3.63) is 57.6 Å². The molecular formula is C27H36Br2O3. The summed E-state index contributed by atoms with van der Waals surface area (Å²) in [5.41, 5.74) is 4.70. The third kappa shape index (κ3) is 5.59. The van der Waals surface area contributed by atoms with Crippen molar-refractivity contribution < 1.29 is 15.0 Å². The van der Waals surface area contributed by atoms with Crippen molar-refractivity contribution in [1.29, 1.82) is 0 Å². The van der Waals surface area contributed by atoms with Gasteiger partial charge in [-0.05, 0) is 46.9 Å². The predicted molar refractivity (Wildman–Crippen MR) is 141 cm³/mol. The van der Waals surface area contributed by atoms with Crippen LogP contribution >= 0.6 is 31.9 Å². The molecule has 0 aliphatic carbocycles. The fourth-order valence-corrected chi connectivity index (χ4v) is 5.21. The summed E-state index contributed by atoms with van der Waals surface area (Å²) in [7, 11) is 0. The summed E-state index contributed by atoms with van der Waals surface area (Å²) in [6.45, 7) is 16.4. The second-order valence-electron chi connectivity index (χ2n) is 10.8. The number of aryl methyl sites for hydroxylation is 2. The molecule has 0 aliphatic heterocycles. The molecule has 0 aliphatic rings. The molecular weight excluding hydrogens is 532 g/mol. The number of phenolic OH excluding ortho intramolecular Hbond substituents is 2. The minimum atomic E-state index is -0.545. The number of carbonyl (C=O) groups excluding carboxylic acids is 1. The summed E-state index contributed by atoms with van der Waals surface area (Å²) < 4.78 is 0. The highest BCUT2D eigenvalue weighted by atomic mass is 79.9. The Labute approximate surface area is 209 Å². The average molecular weight is 568 g/mol. The van der Waals surface area contributed by atoms with E-state index in [1.165, 1.54) is 0 Å². The van der Waals surface area contributed by atoms with Gasteiger partial charge in [0.15, 0.2) is 0 Å². The number of benzene rings is 2. The maximum atomic E-state index is 13.9. The summed E-state index contributed by atoms with van der Waals surface area (Å²) in [5, 5.41) is 22.5. The predicted octanol–water partition coefficient (Wildman–Crippen LogP) is 7.54. The van der Waals surface area contributed by atoms with Crippen LogP contribution in [-0.2, 0) is 15.6 Å². The lowest BCUT2D eigenvalue weighted by Crippen LogP contribution is -2.25. The van der Waals surface area contributed by atoms with Gasteiger partial charge in [-0.2, -0.15) is 0 Å². The molecule has 0 spiro atoms. The number of rotatable bonds is 6. The van der Waals surface area contributed by atoms with Gasteiger partial charge in [0.2, 0.25) is 0 Å². The fraction of sp³-hybridized carbons (Fsp3) is 0.519. The number of aromatic hydroxyl groups is 2. The summed E-state index contributed by atoms with van der Waals surface area (Å²) in [6, 6.07) is 7.87. The molecule has 32 heavy (non-hydrogen) atoms. The maximum Gasteiger partial charge on any atom is 0.149 e. The third-order valence-electron chi connectivity index (χ3n) is 6.14. The highest BCUT2D eigenvalue weighted by Gasteiger charge is 2.33. The molecule has 2 aromatic carbocycles. The van der Waals surface area contributed by atoms with Crippen LogP contribution in [0, 0.1) is 13.8 Å². The van der Waals surface area contributed by atoms with E-state index in [1.807, 2.05) is 38.1 Å². The van der Waals surface area contributed by atoms with Crippen molar-refractivity contribution >= 4 is 37.6 Å². The van der Waals surface area contributed by atoms with Gasteiger partial charge in [0.25, 0.3) is 0 Å². The van der Waals surface area contributed by atoms with Crippen molar-refractivity contribution in [3.63, 3.8) is 0 Å². The molecule has 2 unspecified atom stereocenters. The van der Waals surface area contributed by atoms with E-state index in [-0.39, 0.29) is 28.1 Å². The van der Waals surface area contributed by atoms with Gasteiger partial charge in [-0.1, -0.05) is 97.7 Å². The van der Waals surface area contributed by atoms with Gasteiger partial charge in [-0.15, -0.1) is 0 Å². The van der Waals surface area contributed by atoms with E-state index in [4.69, 9.17) is 0 Å². The van der Waals surface area contributed by atoms with Crippen LogP contribution in [0.15, 0.2) is 24.3 Å². The molecule has 0 saturated carbocycles. The Hall–Kier alpha value is -1.33. The van der Waals surface area contributed by atoms with Crippen LogP contribution in [0.4, 0.5) is 0 Å². The van der Waals surface area contributed by atoms with Crippen LogP contribution < -0.4 is 0 Å². The number of phenols is 2. The van der Waals surface area contributed by atoms with Gasteiger partial charge in [0.1, 0.15) is 17.3 Å². The Balaban J connectivity index is 2.64. The Kier molecular flexibility index (Phi) is 8.32. The van der Waals surface area contributed by atoms with Gasteiger partial charge in [0.05, 0.1) is 11.8 Å². The molecule has 2 atom stereocenters. The normalized spacial score (nSPS) is 14.3. The first-order valence-electron chi connectivity index (χ1n) is 11.0. The molecule has 0 fully saturated rings. The van der Waals surface area contributed by atoms with Crippen LogP contribution in [0.1, 0.15) is 86.8 Å². The zero-order chi connectivity index (χ0) is 24.6. The number of hydrogen-bond acceptors (Lipinski definition) is 3. The molecule has 0 aromatic heterocycles. The van der Waals surface area contributed by atoms with E-state index >= 15 is 0 Å². The Bertz CT molecular complexity index is 918. The highest BCUT2D eigenvalue weighted by molar-refractivity contribution is 9.09. The third-order valence-corrected chi connectivity index (χ3v) is 7.43. The van der Waals surface area contributed by atoms with E-state index in [0.29, 0.717) is 21.8 Å². The largest absolute Gasteiger partial charge is 0.507 e. The summed E-state index contributed by atoms with van der Waals surface area (Å²) >= 11 is 7.05. The second-order valence-corrected chi connectivity index (χ2v) is 12.1. The molecule has 3 nitrogen and oxygen atoms in total. The van der Waals surface area contributed by atoms with Gasteiger partial charge < -0.3 is 10.2 Å². The lowest BCUT2D eigenvalue weighted by molar-refractivity contribution is -0.121. The second kappa shape index (κ2) is 9.89. The van der Waals surface area contributed by atoms with Crippen molar-refractivity contribution in [3.8, 4) is 11.5 Å². The molecule has 0 radical (unpaired) electrons. The number of hydrogen-bond donors (Lipinski definition) is 2. The molecule has 0 heterocycles. The van der Waals surface area contributed by atoms with Gasteiger partial charge >= 0.3 is 0 Å². The number of Topliss-reactive ketones (excluding diaryl/α,β-unsaturated/α-hetero) is 1. The standard InChI is InChI=1S/C27H36Br2O3/c1-15-9-17(26(3,4)5)11-19(23(15)30)21(13-28)25(32)22(14-29)20-12-18(27(6,7)8)10-16(2)24(20)31/h9-12,21-22,30-31H,13-14H2,1-8H3. The van der Waals surface area contributed by atoms with Gasteiger partial charge in [-0.25, -0.2) is 0 Å². The van der Waals surface area contributed by atoms with Crippen LogP contribution in [0.25, 0.3) is 0 Å². The van der Waals surface area contributed by atoms with Crippen molar-refractivity contribution in [1.82, 2.24) is 0 Å². The molecule has 176 valence electrons. The van der Waals surface area contributed by atoms with Crippen LogP contribution in [0.5, 0.6) is 11.5 Å². The molecule has 0 saturated heterocycles. The monoisotopic (exact) mass is 566 g/mol. The number of carbonyl (C=O) groups is 1. The van der Waals surface area contributed by atoms with E-state index in [1.54, 1.807) is 0 Å². The first-order chi connectivity index (χ1) is 14.6. The van der Waals surface area contributed by atoms with Gasteiger partial charge in [0, 0.05) is 21.8 Å². The summed E-state index contributed by atoms with van der Waals surface area (Å²) in [4.78, 5) is 13.9. The lowest BCUT2D eigenvalue weighted by atomic mass is 9.78.